The molecule has 0 saturated carbocycles. The molecule has 3 aromatic rings. The van der Waals surface area contributed by atoms with Crippen molar-refractivity contribution in [2.24, 2.45) is 0 Å². The Labute approximate surface area is 195 Å². The van der Waals surface area contributed by atoms with Crippen LogP contribution >= 0.6 is 11.6 Å². The molecule has 0 aliphatic carbocycles. The van der Waals surface area contributed by atoms with Crippen molar-refractivity contribution in [2.45, 2.75) is 38.8 Å². The summed E-state index contributed by atoms with van der Waals surface area (Å²) in [6.07, 6.45) is -0.0785. The summed E-state index contributed by atoms with van der Waals surface area (Å²) in [5.74, 6) is -1.35. The summed E-state index contributed by atoms with van der Waals surface area (Å²) in [6.45, 7) is 3.78. The van der Waals surface area contributed by atoms with Gasteiger partial charge in [0.15, 0.2) is 11.8 Å². The maximum atomic E-state index is 12.5. The third-order valence-corrected chi connectivity index (χ3v) is 5.30. The second-order valence-electron chi connectivity index (χ2n) is 7.56. The molecule has 0 aliphatic heterocycles. The first-order chi connectivity index (χ1) is 15.8. The average molecular weight is 473 g/mol. The van der Waals surface area contributed by atoms with Gasteiger partial charge in [0.25, 0.3) is 5.91 Å². The second-order valence-corrected chi connectivity index (χ2v) is 7.99. The average Bonchev–Trinajstić information content (AvgIpc) is 3.22. The van der Waals surface area contributed by atoms with Crippen LogP contribution in [-0.4, -0.2) is 56.1 Å². The number of hydrogen-bond acceptors (Lipinski definition) is 7. The summed E-state index contributed by atoms with van der Waals surface area (Å²) >= 11 is 6.14. The van der Waals surface area contributed by atoms with Gasteiger partial charge in [-0.3, -0.25) is 4.79 Å². The molecule has 174 valence electrons. The Morgan fingerprint density at radius 1 is 1.21 bits per heavy atom. The van der Waals surface area contributed by atoms with Crippen LogP contribution in [-0.2, 0) is 16.0 Å². The molecule has 0 bridgehead atoms. The lowest BCUT2D eigenvalue weighted by Gasteiger charge is -2.21. The molecule has 33 heavy (non-hydrogen) atoms. The number of ether oxygens (including phenoxy) is 1. The van der Waals surface area contributed by atoms with Crippen molar-refractivity contribution in [3.63, 3.8) is 0 Å². The Morgan fingerprint density at radius 3 is 2.58 bits per heavy atom. The first-order valence-corrected chi connectivity index (χ1v) is 10.8. The highest BCUT2D eigenvalue weighted by atomic mass is 35.5. The van der Waals surface area contributed by atoms with Gasteiger partial charge in [-0.1, -0.05) is 46.8 Å². The summed E-state index contributed by atoms with van der Waals surface area (Å²) in [4.78, 5) is 24.8. The van der Waals surface area contributed by atoms with Crippen LogP contribution in [0.1, 0.15) is 35.0 Å². The number of carbonyl (C=O) groups excluding carboxylic acids is 2. The zero-order valence-corrected chi connectivity index (χ0v) is 19.0. The van der Waals surface area contributed by atoms with E-state index in [0.29, 0.717) is 16.3 Å². The number of aliphatic hydroxyl groups excluding tert-OH is 1. The van der Waals surface area contributed by atoms with E-state index >= 15 is 0 Å². The van der Waals surface area contributed by atoms with Crippen molar-refractivity contribution in [1.29, 1.82) is 0 Å². The number of aryl methyl sites for hydroxylation is 1. The normalized spacial score (nSPS) is 12.7. The number of benzene rings is 2. The van der Waals surface area contributed by atoms with Gasteiger partial charge in [0.1, 0.15) is 0 Å². The lowest BCUT2D eigenvalue weighted by Crippen LogP contribution is -2.41. The van der Waals surface area contributed by atoms with E-state index in [1.807, 2.05) is 49.4 Å². The fourth-order valence-corrected chi connectivity index (χ4v) is 3.60. The van der Waals surface area contributed by atoms with Crippen molar-refractivity contribution >= 4 is 23.5 Å². The Morgan fingerprint density at radius 2 is 1.94 bits per heavy atom. The van der Waals surface area contributed by atoms with Crippen LogP contribution in [0.4, 0.5) is 0 Å². The highest BCUT2D eigenvalue weighted by molar-refractivity contribution is 6.30. The summed E-state index contributed by atoms with van der Waals surface area (Å²) in [7, 11) is 0. The van der Waals surface area contributed by atoms with Gasteiger partial charge in [0.2, 0.25) is 0 Å². The molecule has 2 atom stereocenters. The fraction of sp³-hybridized carbons (Fsp3) is 0.304. The van der Waals surface area contributed by atoms with E-state index in [4.69, 9.17) is 16.3 Å². The molecule has 3 rings (SSSR count). The van der Waals surface area contributed by atoms with Gasteiger partial charge in [-0.25, -0.2) is 4.79 Å². The van der Waals surface area contributed by atoms with Crippen molar-refractivity contribution < 1.29 is 24.6 Å². The van der Waals surface area contributed by atoms with E-state index in [2.05, 4.69) is 15.6 Å². The van der Waals surface area contributed by atoms with Gasteiger partial charge in [0.05, 0.1) is 12.8 Å². The number of halogens is 1. The molecule has 0 saturated heterocycles. The SMILES string of the molecule is CCOC(=O)C(O)CC(Cc1ccc(-c2cc(Cl)ccc2C)cc1)NC(=O)c1cn(O)nn1. The van der Waals surface area contributed by atoms with Crippen LogP contribution in [0, 0.1) is 6.92 Å². The lowest BCUT2D eigenvalue weighted by atomic mass is 9.96. The van der Waals surface area contributed by atoms with Crippen molar-refractivity contribution in [2.75, 3.05) is 6.61 Å². The molecule has 1 aromatic heterocycles. The van der Waals surface area contributed by atoms with Gasteiger partial charge in [-0.05, 0) is 59.9 Å². The standard InChI is InChI=1S/C23H25ClN4O5/c1-3-33-23(31)21(29)12-18(25-22(30)20-13-28(32)27-26-20)10-15-5-7-16(8-6-15)19-11-17(24)9-4-14(19)2/h4-9,11,13,18,21,29,32H,3,10,12H2,1-2H3,(H,25,30). The molecule has 2 aromatic carbocycles. The van der Waals surface area contributed by atoms with Gasteiger partial charge < -0.3 is 20.4 Å². The molecule has 0 spiro atoms. The van der Waals surface area contributed by atoms with Crippen LogP contribution < -0.4 is 5.32 Å². The molecular formula is C23H25ClN4O5. The molecule has 1 heterocycles. The Kier molecular flexibility index (Phi) is 8.02. The predicted molar refractivity (Wildman–Crippen MR) is 121 cm³/mol. The summed E-state index contributed by atoms with van der Waals surface area (Å²) < 4.78 is 4.86. The smallest absolute Gasteiger partial charge is 0.335 e. The van der Waals surface area contributed by atoms with E-state index in [-0.39, 0.29) is 18.7 Å². The topological polar surface area (TPSA) is 127 Å². The molecule has 0 aliphatic rings. The molecule has 9 nitrogen and oxygen atoms in total. The molecule has 2 unspecified atom stereocenters. The number of nitrogens with zero attached hydrogens (tertiary/aromatic N) is 3. The van der Waals surface area contributed by atoms with Crippen molar-refractivity contribution in [3.05, 3.63) is 70.5 Å². The summed E-state index contributed by atoms with van der Waals surface area (Å²) in [6, 6.07) is 12.8. The summed E-state index contributed by atoms with van der Waals surface area (Å²) in [5, 5.41) is 29.8. The molecule has 10 heteroatoms. The number of aromatic nitrogens is 3. The summed E-state index contributed by atoms with van der Waals surface area (Å²) in [5.41, 5.74) is 3.88. The van der Waals surface area contributed by atoms with Gasteiger partial charge in [-0.2, -0.15) is 0 Å². The third-order valence-electron chi connectivity index (χ3n) is 5.06. The van der Waals surface area contributed by atoms with Crippen LogP contribution in [0.3, 0.4) is 0 Å². The van der Waals surface area contributed by atoms with Crippen LogP contribution in [0.2, 0.25) is 5.02 Å². The monoisotopic (exact) mass is 472 g/mol. The highest BCUT2D eigenvalue weighted by Crippen LogP contribution is 2.27. The largest absolute Gasteiger partial charge is 0.464 e. The minimum absolute atomic E-state index is 0.0625. The third kappa shape index (κ3) is 6.53. The van der Waals surface area contributed by atoms with Gasteiger partial charge in [0, 0.05) is 17.5 Å². The molecule has 0 radical (unpaired) electrons. The first kappa shape index (κ1) is 24.2. The second kappa shape index (κ2) is 10.9. The van der Waals surface area contributed by atoms with E-state index in [1.54, 1.807) is 6.92 Å². The number of rotatable bonds is 9. The van der Waals surface area contributed by atoms with Crippen molar-refractivity contribution in [1.82, 2.24) is 20.5 Å². The van der Waals surface area contributed by atoms with Crippen LogP contribution in [0.15, 0.2) is 48.7 Å². The Balaban J connectivity index is 1.77. The number of amides is 1. The van der Waals surface area contributed by atoms with Crippen LogP contribution in [0.5, 0.6) is 0 Å². The maximum Gasteiger partial charge on any atom is 0.335 e. The zero-order valence-electron chi connectivity index (χ0n) is 18.2. The maximum absolute atomic E-state index is 12.5. The predicted octanol–water partition coefficient (Wildman–Crippen LogP) is 2.80. The quantitative estimate of drug-likeness (QED) is 0.323. The Bertz CT molecular complexity index is 1120. The van der Waals surface area contributed by atoms with Gasteiger partial charge in [-0.15, -0.1) is 5.10 Å². The van der Waals surface area contributed by atoms with Gasteiger partial charge >= 0.3 is 5.97 Å². The van der Waals surface area contributed by atoms with Crippen LogP contribution in [0.25, 0.3) is 11.1 Å². The number of hydrogen-bond donors (Lipinski definition) is 3. The number of esters is 1. The lowest BCUT2D eigenvalue weighted by molar-refractivity contribution is -0.153. The first-order valence-electron chi connectivity index (χ1n) is 10.4. The molecule has 0 fully saturated rings. The van der Waals surface area contributed by atoms with E-state index in [1.165, 1.54) is 0 Å². The van der Waals surface area contributed by atoms with E-state index in [9.17, 15) is 19.9 Å². The van der Waals surface area contributed by atoms with E-state index in [0.717, 1.165) is 28.5 Å². The number of nitrogens with one attached hydrogen (secondary N) is 1. The van der Waals surface area contributed by atoms with Crippen molar-refractivity contribution in [3.8, 4) is 11.1 Å². The molecule has 1 amide bonds. The molecule has 3 N–H and O–H groups in total. The number of carbonyl (C=O) groups is 2. The molecular weight excluding hydrogens is 448 g/mol. The highest BCUT2D eigenvalue weighted by Gasteiger charge is 2.25. The zero-order chi connectivity index (χ0) is 24.0. The minimum Gasteiger partial charge on any atom is -0.464 e. The fourth-order valence-electron chi connectivity index (χ4n) is 3.43. The minimum atomic E-state index is -1.41. The number of aliphatic hydroxyl groups is 1. The Hall–Kier alpha value is -3.43. The van der Waals surface area contributed by atoms with E-state index < -0.39 is 24.0 Å².